The van der Waals surface area contributed by atoms with Crippen LogP contribution in [0, 0.1) is 0 Å². The van der Waals surface area contributed by atoms with Gasteiger partial charge in [0.05, 0.1) is 0 Å². The first-order valence-electron chi connectivity index (χ1n) is 4.51. The lowest BCUT2D eigenvalue weighted by Gasteiger charge is -2.37. The van der Waals surface area contributed by atoms with Crippen molar-refractivity contribution in [2.75, 3.05) is 20.6 Å². The van der Waals surface area contributed by atoms with Gasteiger partial charge >= 0.3 is 0 Å². The summed E-state index contributed by atoms with van der Waals surface area (Å²) >= 11 is 0. The Morgan fingerprint density at radius 1 is 1.54 bits per heavy atom. The summed E-state index contributed by atoms with van der Waals surface area (Å²) in [5, 5.41) is 13.6. The second kappa shape index (κ2) is 5.07. The van der Waals surface area contributed by atoms with E-state index in [4.69, 9.17) is 0 Å². The minimum atomic E-state index is -1.12. The van der Waals surface area contributed by atoms with Gasteiger partial charge in [-0.2, -0.15) is 0 Å². The summed E-state index contributed by atoms with van der Waals surface area (Å²) in [6.07, 6.45) is 0.675. The lowest BCUT2D eigenvalue weighted by atomic mass is 9.97. The van der Waals surface area contributed by atoms with E-state index in [9.17, 15) is 9.90 Å². The molecular weight excluding hydrogens is 168 g/mol. The van der Waals surface area contributed by atoms with Crippen LogP contribution in [0.3, 0.4) is 0 Å². The Balaban J connectivity index is 3.98. The predicted molar refractivity (Wildman–Crippen MR) is 50.4 cm³/mol. The van der Waals surface area contributed by atoms with Crippen LogP contribution in [0.4, 0.5) is 4.79 Å². The molecule has 0 aromatic carbocycles. The third-order valence-electron chi connectivity index (χ3n) is 2.40. The molecule has 1 N–H and O–H groups in total. The van der Waals surface area contributed by atoms with Crippen molar-refractivity contribution in [1.29, 1.82) is 0 Å². The maximum Gasteiger partial charge on any atom is 0.137 e. The van der Waals surface area contributed by atoms with E-state index < -0.39 is 6.09 Å². The Labute approximate surface area is 79.9 Å². The van der Waals surface area contributed by atoms with Crippen LogP contribution in [0.25, 0.3) is 0 Å². The fraction of sp³-hybridized carbons (Fsp3) is 0.889. The molecule has 0 aliphatic rings. The normalized spacial score (nSPS) is 11.4. The molecule has 78 valence electrons. The highest BCUT2D eigenvalue weighted by atomic mass is 16.4. The zero-order chi connectivity index (χ0) is 10.5. The third kappa shape index (κ3) is 4.12. The van der Waals surface area contributed by atoms with Crippen LogP contribution in [0.15, 0.2) is 0 Å². The minimum Gasteiger partial charge on any atom is -0.530 e. The minimum absolute atomic E-state index is 0.338. The SMILES string of the molecule is CNCCCC(C)(C)N(C)C(=O)[O-]. The van der Waals surface area contributed by atoms with Crippen molar-refractivity contribution in [1.82, 2.24) is 10.2 Å². The molecule has 0 rings (SSSR count). The van der Waals surface area contributed by atoms with Crippen LogP contribution >= 0.6 is 0 Å². The summed E-state index contributed by atoms with van der Waals surface area (Å²) in [5.74, 6) is 0. The molecule has 0 unspecified atom stereocenters. The van der Waals surface area contributed by atoms with Crippen LogP contribution in [0.1, 0.15) is 26.7 Å². The molecule has 0 saturated heterocycles. The summed E-state index contributed by atoms with van der Waals surface area (Å²) in [6, 6.07) is 0. The Morgan fingerprint density at radius 3 is 2.46 bits per heavy atom. The fourth-order valence-corrected chi connectivity index (χ4v) is 1.11. The molecule has 0 bridgehead atoms. The van der Waals surface area contributed by atoms with Gasteiger partial charge in [0.15, 0.2) is 0 Å². The highest BCUT2D eigenvalue weighted by Gasteiger charge is 2.22. The van der Waals surface area contributed by atoms with E-state index in [0.717, 1.165) is 19.4 Å². The summed E-state index contributed by atoms with van der Waals surface area (Å²) < 4.78 is 0. The van der Waals surface area contributed by atoms with Crippen molar-refractivity contribution in [3.8, 4) is 0 Å². The number of amides is 1. The van der Waals surface area contributed by atoms with Gasteiger partial charge in [-0.15, -0.1) is 0 Å². The number of carbonyl (C=O) groups is 1. The molecule has 0 radical (unpaired) electrons. The molecule has 1 amide bonds. The molecule has 0 atom stereocenters. The Bertz CT molecular complexity index is 169. The number of rotatable bonds is 5. The molecule has 0 saturated carbocycles. The topological polar surface area (TPSA) is 55.4 Å². The van der Waals surface area contributed by atoms with E-state index in [1.165, 1.54) is 4.90 Å². The third-order valence-corrected chi connectivity index (χ3v) is 2.40. The van der Waals surface area contributed by atoms with Crippen LogP contribution in [0.5, 0.6) is 0 Å². The van der Waals surface area contributed by atoms with E-state index in [1.54, 1.807) is 7.05 Å². The van der Waals surface area contributed by atoms with E-state index in [-0.39, 0.29) is 5.54 Å². The molecule has 0 fully saturated rings. The average molecular weight is 187 g/mol. The molecule has 0 aromatic rings. The smallest absolute Gasteiger partial charge is 0.137 e. The van der Waals surface area contributed by atoms with Crippen molar-refractivity contribution in [3.05, 3.63) is 0 Å². The zero-order valence-corrected chi connectivity index (χ0v) is 8.89. The van der Waals surface area contributed by atoms with Gasteiger partial charge in [-0.05, 0) is 40.3 Å². The standard InChI is InChI=1S/C9H20N2O2/c1-9(2,6-5-7-10-3)11(4)8(12)13/h10H,5-7H2,1-4H3,(H,12,13)/p-1. The van der Waals surface area contributed by atoms with E-state index >= 15 is 0 Å². The van der Waals surface area contributed by atoms with Gasteiger partial charge in [0.25, 0.3) is 0 Å². The monoisotopic (exact) mass is 187 g/mol. The predicted octanol–water partition coefficient (Wildman–Crippen LogP) is 0.0397. The lowest BCUT2D eigenvalue weighted by molar-refractivity contribution is -0.269. The number of nitrogens with one attached hydrogen (secondary N) is 1. The summed E-state index contributed by atoms with van der Waals surface area (Å²) in [4.78, 5) is 11.8. The molecular formula is C9H19N2O2-. The second-order valence-electron chi connectivity index (χ2n) is 3.84. The van der Waals surface area contributed by atoms with Crippen molar-refractivity contribution < 1.29 is 9.90 Å². The Kier molecular flexibility index (Phi) is 4.77. The van der Waals surface area contributed by atoms with Crippen LogP contribution < -0.4 is 10.4 Å². The Hall–Kier alpha value is -0.770. The van der Waals surface area contributed by atoms with Gasteiger partial charge < -0.3 is 20.1 Å². The number of carboxylic acid groups (broad SMARTS) is 1. The Morgan fingerprint density at radius 2 is 2.08 bits per heavy atom. The van der Waals surface area contributed by atoms with Gasteiger partial charge in [-0.3, -0.25) is 0 Å². The summed E-state index contributed by atoms with van der Waals surface area (Å²) in [7, 11) is 3.43. The van der Waals surface area contributed by atoms with Gasteiger partial charge in [0, 0.05) is 12.6 Å². The van der Waals surface area contributed by atoms with Crippen molar-refractivity contribution in [3.63, 3.8) is 0 Å². The van der Waals surface area contributed by atoms with E-state index in [1.807, 2.05) is 20.9 Å². The molecule has 0 aromatic heterocycles. The maximum atomic E-state index is 10.6. The first-order chi connectivity index (χ1) is 5.91. The van der Waals surface area contributed by atoms with Crippen molar-refractivity contribution in [2.45, 2.75) is 32.2 Å². The van der Waals surface area contributed by atoms with Crippen LogP contribution in [-0.2, 0) is 0 Å². The molecule has 4 nitrogen and oxygen atoms in total. The number of carbonyl (C=O) groups excluding carboxylic acids is 1. The molecule has 13 heavy (non-hydrogen) atoms. The highest BCUT2D eigenvalue weighted by molar-refractivity contribution is 5.63. The second-order valence-corrected chi connectivity index (χ2v) is 3.84. The number of nitrogens with zero attached hydrogens (tertiary/aromatic N) is 1. The van der Waals surface area contributed by atoms with Gasteiger partial charge in [-0.25, -0.2) is 0 Å². The van der Waals surface area contributed by atoms with Crippen molar-refractivity contribution in [2.24, 2.45) is 0 Å². The van der Waals surface area contributed by atoms with E-state index in [0.29, 0.717) is 0 Å². The zero-order valence-electron chi connectivity index (χ0n) is 8.89. The molecule has 0 aliphatic heterocycles. The maximum absolute atomic E-state index is 10.6. The first-order valence-corrected chi connectivity index (χ1v) is 4.51. The molecule has 0 spiro atoms. The largest absolute Gasteiger partial charge is 0.530 e. The quantitative estimate of drug-likeness (QED) is 0.618. The van der Waals surface area contributed by atoms with E-state index in [2.05, 4.69) is 5.32 Å². The highest BCUT2D eigenvalue weighted by Crippen LogP contribution is 2.17. The summed E-state index contributed by atoms with van der Waals surface area (Å²) in [5.41, 5.74) is -0.338. The van der Waals surface area contributed by atoms with Gasteiger partial charge in [-0.1, -0.05) is 0 Å². The lowest BCUT2D eigenvalue weighted by Crippen LogP contribution is -2.50. The molecule has 0 heterocycles. The first kappa shape index (κ1) is 12.2. The fourth-order valence-electron chi connectivity index (χ4n) is 1.11. The van der Waals surface area contributed by atoms with Crippen molar-refractivity contribution >= 4 is 6.09 Å². The average Bonchev–Trinajstić information content (AvgIpc) is 2.03. The van der Waals surface area contributed by atoms with Crippen LogP contribution in [-0.4, -0.2) is 37.2 Å². The van der Waals surface area contributed by atoms with Gasteiger partial charge in [0.2, 0.25) is 0 Å². The molecule has 4 heteroatoms. The van der Waals surface area contributed by atoms with Gasteiger partial charge in [0.1, 0.15) is 6.09 Å². The number of hydrogen-bond donors (Lipinski definition) is 1. The molecule has 0 aliphatic carbocycles. The number of hydrogen-bond acceptors (Lipinski definition) is 3. The summed E-state index contributed by atoms with van der Waals surface area (Å²) in [6.45, 7) is 4.71. The van der Waals surface area contributed by atoms with Crippen LogP contribution in [0.2, 0.25) is 0 Å².